The molecule has 3 rings (SSSR count). The summed E-state index contributed by atoms with van der Waals surface area (Å²) in [5, 5.41) is 2.89. The fourth-order valence-corrected chi connectivity index (χ4v) is 3.13. The number of allylic oxidation sites excluding steroid dienone is 5. The molecule has 2 fully saturated rings. The Labute approximate surface area is 157 Å². The molecule has 142 valence electrons. The van der Waals surface area contributed by atoms with Gasteiger partial charge in [-0.25, -0.2) is 8.78 Å². The predicted octanol–water partition coefficient (Wildman–Crippen LogP) is 4.55. The second kappa shape index (κ2) is 7.99. The van der Waals surface area contributed by atoms with Gasteiger partial charge in [-0.15, -0.1) is 0 Å². The first-order chi connectivity index (χ1) is 12.9. The normalized spacial score (nSPS) is 21.6. The number of benzene rings is 1. The quantitative estimate of drug-likeness (QED) is 0.434. The zero-order chi connectivity index (χ0) is 19.4. The topological polar surface area (TPSA) is 46.2 Å². The van der Waals surface area contributed by atoms with Crippen LogP contribution in [-0.4, -0.2) is 18.2 Å². The summed E-state index contributed by atoms with van der Waals surface area (Å²) < 4.78 is 26.9. The number of carbonyl (C=O) groups is 2. The Kier molecular flexibility index (Phi) is 5.68. The molecule has 5 heteroatoms. The van der Waals surface area contributed by atoms with Crippen molar-refractivity contribution in [3.8, 4) is 0 Å². The maximum absolute atomic E-state index is 13.5. The molecule has 1 atom stereocenters. The summed E-state index contributed by atoms with van der Waals surface area (Å²) in [4.78, 5) is 22.6. The van der Waals surface area contributed by atoms with Crippen molar-refractivity contribution in [1.29, 1.82) is 0 Å². The molecule has 0 bridgehead atoms. The second-order valence-electron chi connectivity index (χ2n) is 7.22. The molecule has 1 N–H and O–H groups in total. The average molecular weight is 371 g/mol. The minimum Gasteiger partial charge on any atom is -0.350 e. The summed E-state index contributed by atoms with van der Waals surface area (Å²) in [6.07, 6.45) is 11.6. The number of hydrogen-bond acceptors (Lipinski definition) is 2. The Bertz CT molecular complexity index is 797. The fraction of sp³-hybridized carbons (Fsp3) is 0.364. The van der Waals surface area contributed by atoms with Crippen LogP contribution in [0.3, 0.4) is 0 Å². The highest BCUT2D eigenvalue weighted by atomic mass is 19.3. The van der Waals surface area contributed by atoms with Crippen molar-refractivity contribution in [1.82, 2.24) is 5.32 Å². The molecule has 0 unspecified atom stereocenters. The molecule has 27 heavy (non-hydrogen) atoms. The number of rotatable bonds is 7. The summed E-state index contributed by atoms with van der Waals surface area (Å²) in [7, 11) is 0. The van der Waals surface area contributed by atoms with Gasteiger partial charge in [0.05, 0.1) is 0 Å². The highest BCUT2D eigenvalue weighted by molar-refractivity contribution is 5.81. The molecule has 1 aromatic rings. The lowest BCUT2D eigenvalue weighted by atomic mass is 9.99. The summed E-state index contributed by atoms with van der Waals surface area (Å²) in [6.45, 7) is 0.871. The molecule has 1 saturated carbocycles. The molecule has 1 aromatic carbocycles. The minimum absolute atomic E-state index is 0.0115. The van der Waals surface area contributed by atoms with Crippen molar-refractivity contribution in [2.45, 2.75) is 44.6 Å². The summed E-state index contributed by atoms with van der Waals surface area (Å²) in [6, 6.07) is 6.07. The van der Waals surface area contributed by atoms with E-state index in [0.717, 1.165) is 42.8 Å². The van der Waals surface area contributed by atoms with Gasteiger partial charge >= 0.3 is 0 Å². The molecular weight excluding hydrogens is 348 g/mol. The molecule has 0 aromatic heterocycles. The number of nitrogens with one attached hydrogen (secondary N) is 1. The molecule has 2 aliphatic rings. The van der Waals surface area contributed by atoms with Gasteiger partial charge in [0.2, 0.25) is 5.91 Å². The van der Waals surface area contributed by atoms with Crippen molar-refractivity contribution in [2.24, 2.45) is 5.92 Å². The zero-order valence-electron chi connectivity index (χ0n) is 15.3. The number of carbonyl (C=O) groups excluding carboxylic acids is 2. The highest BCUT2D eigenvalue weighted by Gasteiger charge is 2.25. The molecule has 3 nitrogen and oxygen atoms in total. The van der Waals surface area contributed by atoms with Crippen LogP contribution in [0.4, 0.5) is 8.78 Å². The predicted molar refractivity (Wildman–Crippen MR) is 101 cm³/mol. The van der Waals surface area contributed by atoms with Crippen molar-refractivity contribution in [2.75, 3.05) is 0 Å². The molecule has 1 heterocycles. The van der Waals surface area contributed by atoms with Gasteiger partial charge in [0.1, 0.15) is 6.29 Å². The largest absolute Gasteiger partial charge is 0.350 e. The van der Waals surface area contributed by atoms with Crippen LogP contribution in [-0.2, 0) is 15.5 Å². The minimum atomic E-state index is -2.89. The van der Waals surface area contributed by atoms with Gasteiger partial charge in [0.25, 0.3) is 5.92 Å². The van der Waals surface area contributed by atoms with E-state index in [-0.39, 0.29) is 17.5 Å². The third-order valence-corrected chi connectivity index (χ3v) is 4.88. The van der Waals surface area contributed by atoms with Crippen LogP contribution < -0.4 is 5.32 Å². The van der Waals surface area contributed by atoms with E-state index in [4.69, 9.17) is 0 Å². The first-order valence-corrected chi connectivity index (χ1v) is 9.20. The lowest BCUT2D eigenvalue weighted by molar-refractivity contribution is -0.119. The lowest BCUT2D eigenvalue weighted by Crippen LogP contribution is -2.23. The Morgan fingerprint density at radius 3 is 2.41 bits per heavy atom. The Morgan fingerprint density at radius 1 is 1.19 bits per heavy atom. The number of hydrogen-bond donors (Lipinski definition) is 1. The maximum Gasteiger partial charge on any atom is 0.270 e. The van der Waals surface area contributed by atoms with Crippen molar-refractivity contribution >= 4 is 17.8 Å². The van der Waals surface area contributed by atoms with Gasteiger partial charge in [0, 0.05) is 24.9 Å². The van der Waals surface area contributed by atoms with E-state index in [2.05, 4.69) is 5.32 Å². The highest BCUT2D eigenvalue weighted by Crippen LogP contribution is 2.35. The van der Waals surface area contributed by atoms with Crippen molar-refractivity contribution in [3.05, 3.63) is 65.3 Å². The Balaban J connectivity index is 1.86. The molecule has 1 aliphatic heterocycles. The Hall–Kier alpha value is -2.56. The zero-order valence-corrected chi connectivity index (χ0v) is 15.3. The Morgan fingerprint density at radius 2 is 1.89 bits per heavy atom. The van der Waals surface area contributed by atoms with E-state index in [0.29, 0.717) is 18.8 Å². The van der Waals surface area contributed by atoms with Gasteiger partial charge < -0.3 is 5.32 Å². The van der Waals surface area contributed by atoms with Crippen LogP contribution in [0.5, 0.6) is 0 Å². The molecule has 1 saturated heterocycles. The van der Waals surface area contributed by atoms with Gasteiger partial charge in [-0.2, -0.15) is 0 Å². The van der Waals surface area contributed by atoms with E-state index in [1.54, 1.807) is 18.2 Å². The van der Waals surface area contributed by atoms with E-state index in [1.165, 1.54) is 12.1 Å². The first kappa shape index (κ1) is 19.2. The van der Waals surface area contributed by atoms with E-state index in [1.807, 2.05) is 18.2 Å². The molecular formula is C22H23F2NO2. The van der Waals surface area contributed by atoms with E-state index in [9.17, 15) is 18.4 Å². The first-order valence-electron chi connectivity index (χ1n) is 9.20. The summed E-state index contributed by atoms with van der Waals surface area (Å²) in [5.74, 6) is -2.51. The number of amides is 1. The summed E-state index contributed by atoms with van der Waals surface area (Å²) >= 11 is 0. The van der Waals surface area contributed by atoms with Crippen LogP contribution in [0.1, 0.15) is 43.7 Å². The fourth-order valence-electron chi connectivity index (χ4n) is 3.13. The molecule has 0 radical (unpaired) electrons. The monoisotopic (exact) mass is 371 g/mol. The van der Waals surface area contributed by atoms with Crippen LogP contribution in [0, 0.1) is 5.92 Å². The molecule has 1 aliphatic carbocycles. The second-order valence-corrected chi connectivity index (χ2v) is 7.22. The van der Waals surface area contributed by atoms with Gasteiger partial charge in [-0.3, -0.25) is 9.59 Å². The number of aldehydes is 1. The van der Waals surface area contributed by atoms with E-state index < -0.39 is 5.92 Å². The van der Waals surface area contributed by atoms with Crippen LogP contribution >= 0.6 is 0 Å². The average Bonchev–Trinajstić information content (AvgIpc) is 3.39. The SMILES string of the molecule is CC(F)(F)c1ccc(C(/C=C/C=C(\C=O)C2CC2)=C/[C@H]2CCC(=O)N2)cc1. The van der Waals surface area contributed by atoms with Crippen LogP contribution in [0.15, 0.2) is 54.1 Å². The van der Waals surface area contributed by atoms with Gasteiger partial charge in [-0.1, -0.05) is 48.6 Å². The number of alkyl halides is 2. The van der Waals surface area contributed by atoms with Gasteiger partial charge in [-0.05, 0) is 41.9 Å². The van der Waals surface area contributed by atoms with Crippen LogP contribution in [0.25, 0.3) is 5.57 Å². The maximum atomic E-state index is 13.5. The van der Waals surface area contributed by atoms with Gasteiger partial charge in [0.15, 0.2) is 0 Å². The smallest absolute Gasteiger partial charge is 0.270 e. The molecule has 1 amide bonds. The van der Waals surface area contributed by atoms with Crippen LogP contribution in [0.2, 0.25) is 0 Å². The summed E-state index contributed by atoms with van der Waals surface area (Å²) in [5.41, 5.74) is 2.35. The standard InChI is InChI=1S/C22H23F2NO2/c1-22(23,24)19-9-7-15(8-10-19)17(13-20-11-12-21(27)25-20)3-2-4-18(14-26)16-5-6-16/h2-4,7-10,13-14,16,20H,5-6,11-12H2,1H3,(H,25,27)/b3-2+,17-13+,18-4+/t20-/m1/s1. The third-order valence-electron chi connectivity index (χ3n) is 4.88. The third kappa shape index (κ3) is 5.22. The van der Waals surface area contributed by atoms with E-state index >= 15 is 0 Å². The van der Waals surface area contributed by atoms with Crippen molar-refractivity contribution < 1.29 is 18.4 Å². The van der Waals surface area contributed by atoms with Crippen molar-refractivity contribution in [3.63, 3.8) is 0 Å². The molecule has 0 spiro atoms. The number of halogens is 2. The lowest BCUT2D eigenvalue weighted by Gasteiger charge is -2.12.